The Hall–Kier alpha value is -4.40. The van der Waals surface area contributed by atoms with Gasteiger partial charge in [0.15, 0.2) is 0 Å². The van der Waals surface area contributed by atoms with Gasteiger partial charge in [0.2, 0.25) is 0 Å². The van der Waals surface area contributed by atoms with Crippen molar-refractivity contribution in [1.29, 1.82) is 0 Å². The number of hydrogen-bond donors (Lipinski definition) is 0. The summed E-state index contributed by atoms with van der Waals surface area (Å²) >= 11 is 0. The van der Waals surface area contributed by atoms with Crippen LogP contribution in [0, 0.1) is 26.0 Å². The van der Waals surface area contributed by atoms with Crippen LogP contribution in [0.1, 0.15) is 0 Å². The molecule has 0 atom stereocenters. The molecule has 0 saturated carbocycles. The zero-order valence-corrected chi connectivity index (χ0v) is 15.3. The third-order valence-electron chi connectivity index (χ3n) is 4.51. The van der Waals surface area contributed by atoms with E-state index >= 15 is 0 Å². The maximum Gasteiger partial charge on any atom is 0.301 e. The second-order valence-corrected chi connectivity index (χ2v) is 6.39. The first kappa shape index (κ1) is 18.9. The molecular formula is C21H13FN4O4. The Morgan fingerprint density at radius 3 is 2.13 bits per heavy atom. The summed E-state index contributed by atoms with van der Waals surface area (Å²) in [6.45, 7) is 0. The zero-order valence-electron chi connectivity index (χ0n) is 15.3. The molecule has 30 heavy (non-hydrogen) atoms. The van der Waals surface area contributed by atoms with Gasteiger partial charge in [0.05, 0.1) is 27.3 Å². The summed E-state index contributed by atoms with van der Waals surface area (Å²) in [6.07, 6.45) is 0. The molecule has 0 spiro atoms. The summed E-state index contributed by atoms with van der Waals surface area (Å²) in [5, 5.41) is 27.2. The van der Waals surface area contributed by atoms with Crippen molar-refractivity contribution in [3.63, 3.8) is 0 Å². The van der Waals surface area contributed by atoms with Gasteiger partial charge in [-0.25, -0.2) is 9.07 Å². The van der Waals surface area contributed by atoms with Gasteiger partial charge in [0, 0.05) is 17.2 Å². The average molecular weight is 404 g/mol. The van der Waals surface area contributed by atoms with Gasteiger partial charge >= 0.3 is 5.69 Å². The first-order valence-electron chi connectivity index (χ1n) is 8.78. The molecule has 0 unspecified atom stereocenters. The van der Waals surface area contributed by atoms with Crippen LogP contribution in [0.15, 0.2) is 78.9 Å². The first-order valence-corrected chi connectivity index (χ1v) is 8.78. The van der Waals surface area contributed by atoms with Crippen molar-refractivity contribution in [3.05, 3.63) is 105 Å². The van der Waals surface area contributed by atoms with Crippen LogP contribution < -0.4 is 0 Å². The van der Waals surface area contributed by atoms with E-state index in [-0.39, 0.29) is 5.69 Å². The predicted molar refractivity (Wildman–Crippen MR) is 108 cm³/mol. The minimum absolute atomic E-state index is 0.0621. The van der Waals surface area contributed by atoms with Gasteiger partial charge in [0.25, 0.3) is 5.69 Å². The molecule has 0 bridgehead atoms. The summed E-state index contributed by atoms with van der Waals surface area (Å²) < 4.78 is 14.8. The van der Waals surface area contributed by atoms with Gasteiger partial charge in [-0.1, -0.05) is 30.3 Å². The van der Waals surface area contributed by atoms with E-state index in [9.17, 15) is 24.6 Å². The highest BCUT2D eigenvalue weighted by molar-refractivity contribution is 5.72. The number of nitro benzene ring substituents is 2. The van der Waals surface area contributed by atoms with Gasteiger partial charge in [-0.2, -0.15) is 5.10 Å². The number of aromatic nitrogens is 2. The maximum absolute atomic E-state index is 13.4. The van der Waals surface area contributed by atoms with Gasteiger partial charge in [0.1, 0.15) is 11.5 Å². The third kappa shape index (κ3) is 3.51. The molecule has 3 aromatic carbocycles. The molecule has 0 N–H and O–H groups in total. The van der Waals surface area contributed by atoms with Crippen LogP contribution in [-0.4, -0.2) is 19.6 Å². The molecule has 0 amide bonds. The normalized spacial score (nSPS) is 10.7. The summed E-state index contributed by atoms with van der Waals surface area (Å²) in [5.41, 5.74) is 1.59. The topological polar surface area (TPSA) is 104 Å². The van der Waals surface area contributed by atoms with Gasteiger partial charge in [-0.15, -0.1) is 0 Å². The Bertz CT molecular complexity index is 1250. The fraction of sp³-hybridized carbons (Fsp3) is 0. The van der Waals surface area contributed by atoms with E-state index in [1.165, 1.54) is 41.1 Å². The molecule has 0 aliphatic rings. The molecular weight excluding hydrogens is 391 g/mol. The van der Waals surface area contributed by atoms with Crippen LogP contribution in [0.3, 0.4) is 0 Å². The zero-order chi connectivity index (χ0) is 21.3. The number of halogens is 1. The lowest BCUT2D eigenvalue weighted by molar-refractivity contribution is -0.394. The van der Waals surface area contributed by atoms with Crippen LogP contribution in [-0.2, 0) is 0 Å². The Morgan fingerprint density at radius 1 is 0.800 bits per heavy atom. The predicted octanol–water partition coefficient (Wildman–Crippen LogP) is 5.16. The number of hydrogen-bond acceptors (Lipinski definition) is 5. The van der Waals surface area contributed by atoms with Crippen LogP contribution in [0.5, 0.6) is 0 Å². The highest BCUT2D eigenvalue weighted by Crippen LogP contribution is 2.34. The van der Waals surface area contributed by atoms with Crippen LogP contribution in [0.2, 0.25) is 0 Å². The highest BCUT2D eigenvalue weighted by Gasteiger charge is 2.24. The molecule has 0 aliphatic carbocycles. The van der Waals surface area contributed by atoms with Crippen molar-refractivity contribution in [2.75, 3.05) is 0 Å². The lowest BCUT2D eigenvalue weighted by Crippen LogP contribution is -2.04. The maximum atomic E-state index is 13.4. The SMILES string of the molecule is O=[N+]([O-])c1ccc(-n2nc(-c3ccccc3)cc2-c2ccc(F)cc2)c([N+](=O)[O-])c1. The molecule has 8 nitrogen and oxygen atoms in total. The van der Waals surface area contributed by atoms with Gasteiger partial charge in [-0.05, 0) is 36.4 Å². The van der Waals surface area contributed by atoms with E-state index in [0.29, 0.717) is 17.0 Å². The van der Waals surface area contributed by atoms with E-state index in [1.54, 1.807) is 6.07 Å². The van der Waals surface area contributed by atoms with E-state index in [0.717, 1.165) is 11.6 Å². The Labute approximate surface area is 169 Å². The van der Waals surface area contributed by atoms with Crippen molar-refractivity contribution in [1.82, 2.24) is 9.78 Å². The average Bonchev–Trinajstić information content (AvgIpc) is 3.19. The van der Waals surface area contributed by atoms with Crippen LogP contribution in [0.4, 0.5) is 15.8 Å². The molecule has 0 saturated heterocycles. The lowest BCUT2D eigenvalue weighted by Gasteiger charge is -2.08. The molecule has 1 heterocycles. The summed E-state index contributed by atoms with van der Waals surface area (Å²) in [6, 6.07) is 19.9. The third-order valence-corrected chi connectivity index (χ3v) is 4.51. The minimum Gasteiger partial charge on any atom is -0.258 e. The minimum atomic E-state index is -0.698. The lowest BCUT2D eigenvalue weighted by atomic mass is 10.1. The van der Waals surface area contributed by atoms with Crippen LogP contribution in [0.25, 0.3) is 28.2 Å². The number of rotatable bonds is 5. The Morgan fingerprint density at radius 2 is 1.50 bits per heavy atom. The first-order chi connectivity index (χ1) is 14.4. The van der Waals surface area contributed by atoms with Crippen molar-refractivity contribution < 1.29 is 14.2 Å². The largest absolute Gasteiger partial charge is 0.301 e. The van der Waals surface area contributed by atoms with Crippen molar-refractivity contribution in [2.24, 2.45) is 0 Å². The van der Waals surface area contributed by atoms with E-state index in [2.05, 4.69) is 5.10 Å². The molecule has 9 heteroatoms. The summed E-state index contributed by atoms with van der Waals surface area (Å²) in [4.78, 5) is 21.3. The fourth-order valence-electron chi connectivity index (χ4n) is 3.09. The number of nitro groups is 2. The molecule has 0 aliphatic heterocycles. The number of non-ortho nitro benzene ring substituents is 1. The molecule has 4 rings (SSSR count). The quantitative estimate of drug-likeness (QED) is 0.337. The highest BCUT2D eigenvalue weighted by atomic mass is 19.1. The van der Waals surface area contributed by atoms with Crippen molar-refractivity contribution in [2.45, 2.75) is 0 Å². The molecule has 148 valence electrons. The molecule has 1 aromatic heterocycles. The Balaban J connectivity index is 1.97. The Kier molecular flexibility index (Phi) is 4.77. The van der Waals surface area contributed by atoms with Crippen LogP contribution >= 0.6 is 0 Å². The van der Waals surface area contributed by atoms with Gasteiger partial charge < -0.3 is 0 Å². The number of nitrogens with zero attached hydrogens (tertiary/aromatic N) is 4. The van der Waals surface area contributed by atoms with E-state index < -0.39 is 27.0 Å². The summed E-state index contributed by atoms with van der Waals surface area (Å²) in [7, 11) is 0. The van der Waals surface area contributed by atoms with E-state index in [1.807, 2.05) is 30.3 Å². The smallest absolute Gasteiger partial charge is 0.258 e. The fourth-order valence-corrected chi connectivity index (χ4v) is 3.09. The molecule has 0 fully saturated rings. The second-order valence-electron chi connectivity index (χ2n) is 6.39. The van der Waals surface area contributed by atoms with Crippen molar-refractivity contribution in [3.8, 4) is 28.2 Å². The standard InChI is InChI=1S/C21H13FN4O4/c22-16-8-6-15(7-9-16)20-13-18(14-4-2-1-3-5-14)23-24(20)19-11-10-17(25(27)28)12-21(19)26(29)30/h1-13H. The van der Waals surface area contributed by atoms with E-state index in [4.69, 9.17) is 0 Å². The monoisotopic (exact) mass is 404 g/mol. The molecule has 4 aromatic rings. The number of benzene rings is 3. The summed E-state index contributed by atoms with van der Waals surface area (Å²) in [5.74, 6) is -0.422. The van der Waals surface area contributed by atoms with Crippen molar-refractivity contribution >= 4 is 11.4 Å². The van der Waals surface area contributed by atoms with Gasteiger partial charge in [-0.3, -0.25) is 20.2 Å². The second kappa shape index (κ2) is 7.55. The molecule has 0 radical (unpaired) electrons.